The van der Waals surface area contributed by atoms with Crippen molar-refractivity contribution in [3.05, 3.63) is 0 Å². The molecule has 0 saturated heterocycles. The molecule has 0 bridgehead atoms. The number of rotatable bonds is 6. The van der Waals surface area contributed by atoms with Gasteiger partial charge in [0, 0.05) is 17.8 Å². The summed E-state index contributed by atoms with van der Waals surface area (Å²) in [5, 5.41) is 4.16. The minimum Gasteiger partial charge on any atom is -0.356 e. The van der Waals surface area contributed by atoms with Crippen molar-refractivity contribution >= 4 is 21.8 Å². The van der Waals surface area contributed by atoms with E-state index < -0.39 is 0 Å². The molecule has 0 spiro atoms. The minimum atomic E-state index is 0.304. The topological polar surface area (TPSA) is 29.1 Å². The van der Waals surface area contributed by atoms with Crippen molar-refractivity contribution in [2.45, 2.75) is 57.8 Å². The Balaban J connectivity index is 2.08. The molecule has 0 aromatic carbocycles. The number of halogens is 1. The average molecular weight is 290 g/mol. The summed E-state index contributed by atoms with van der Waals surface area (Å²) >= 11 is 3.41. The Bertz CT molecular complexity index is 188. The molecule has 1 aliphatic carbocycles. The lowest BCUT2D eigenvalue weighted by Gasteiger charge is -2.13. The largest absolute Gasteiger partial charge is 0.356 e. The summed E-state index contributed by atoms with van der Waals surface area (Å²) in [6, 6.07) is 0. The molecule has 0 aromatic heterocycles. The number of hydrogen-bond donors (Lipinski definition) is 1. The Morgan fingerprint density at radius 3 is 2.38 bits per heavy atom. The fourth-order valence-corrected chi connectivity index (χ4v) is 2.69. The van der Waals surface area contributed by atoms with Crippen molar-refractivity contribution in [1.29, 1.82) is 0 Å². The summed E-state index contributed by atoms with van der Waals surface area (Å²) in [6.07, 6.45) is 10.8. The fraction of sp³-hybridized carbons (Fsp3) is 0.923. The molecule has 94 valence electrons. The van der Waals surface area contributed by atoms with Crippen LogP contribution in [-0.4, -0.2) is 17.8 Å². The zero-order chi connectivity index (χ0) is 11.6. The van der Waals surface area contributed by atoms with E-state index in [0.29, 0.717) is 11.8 Å². The maximum absolute atomic E-state index is 11.9. The van der Waals surface area contributed by atoms with Gasteiger partial charge >= 0.3 is 0 Å². The second-order valence-electron chi connectivity index (χ2n) is 4.73. The first-order valence-corrected chi connectivity index (χ1v) is 7.80. The first kappa shape index (κ1) is 14.0. The number of carbonyl (C=O) groups excluding carboxylic acids is 1. The lowest BCUT2D eigenvalue weighted by molar-refractivity contribution is -0.125. The van der Waals surface area contributed by atoms with Crippen molar-refractivity contribution in [1.82, 2.24) is 5.32 Å². The van der Waals surface area contributed by atoms with Crippen LogP contribution in [0.2, 0.25) is 0 Å². The number of nitrogens with one attached hydrogen (secondary N) is 1. The van der Waals surface area contributed by atoms with E-state index in [4.69, 9.17) is 0 Å². The standard InChI is InChI=1S/C13H24BrNO/c14-10-6-3-7-11-15-13(16)12-8-4-1-2-5-9-12/h12H,1-11H2,(H,15,16). The van der Waals surface area contributed by atoms with E-state index in [0.717, 1.165) is 31.1 Å². The number of alkyl halides is 1. The number of amides is 1. The summed E-state index contributed by atoms with van der Waals surface area (Å²) in [4.78, 5) is 11.9. The van der Waals surface area contributed by atoms with E-state index in [1.54, 1.807) is 0 Å². The van der Waals surface area contributed by atoms with Crippen LogP contribution < -0.4 is 5.32 Å². The van der Waals surface area contributed by atoms with Crippen LogP contribution in [0.5, 0.6) is 0 Å². The quantitative estimate of drug-likeness (QED) is 0.451. The van der Waals surface area contributed by atoms with E-state index in [1.807, 2.05) is 0 Å². The molecule has 16 heavy (non-hydrogen) atoms. The van der Waals surface area contributed by atoms with Gasteiger partial charge in [-0.2, -0.15) is 0 Å². The summed E-state index contributed by atoms with van der Waals surface area (Å²) < 4.78 is 0. The van der Waals surface area contributed by atoms with Gasteiger partial charge in [0.05, 0.1) is 0 Å². The summed E-state index contributed by atoms with van der Waals surface area (Å²) in [5.74, 6) is 0.611. The molecule has 2 nitrogen and oxygen atoms in total. The zero-order valence-corrected chi connectivity index (χ0v) is 11.7. The molecular weight excluding hydrogens is 266 g/mol. The van der Waals surface area contributed by atoms with Gasteiger partial charge < -0.3 is 5.32 Å². The molecule has 1 saturated carbocycles. The van der Waals surface area contributed by atoms with Gasteiger partial charge in [-0.3, -0.25) is 4.79 Å². The third kappa shape index (κ3) is 5.88. The lowest BCUT2D eigenvalue weighted by atomic mass is 9.99. The second-order valence-corrected chi connectivity index (χ2v) is 5.52. The van der Waals surface area contributed by atoms with Crippen molar-refractivity contribution in [3.8, 4) is 0 Å². The highest BCUT2D eigenvalue weighted by Gasteiger charge is 2.19. The Labute approximate surface area is 108 Å². The first-order chi connectivity index (χ1) is 7.84. The average Bonchev–Trinajstić information content (AvgIpc) is 2.57. The Morgan fingerprint density at radius 1 is 1.06 bits per heavy atom. The van der Waals surface area contributed by atoms with E-state index in [1.165, 1.54) is 38.5 Å². The van der Waals surface area contributed by atoms with Gasteiger partial charge in [0.15, 0.2) is 0 Å². The molecule has 1 N–H and O–H groups in total. The second kappa shape index (κ2) is 9.03. The van der Waals surface area contributed by atoms with Crippen LogP contribution in [-0.2, 0) is 4.79 Å². The Kier molecular flexibility index (Phi) is 7.91. The molecule has 0 aliphatic heterocycles. The van der Waals surface area contributed by atoms with Crippen molar-refractivity contribution in [2.24, 2.45) is 5.92 Å². The van der Waals surface area contributed by atoms with Crippen LogP contribution in [0.3, 0.4) is 0 Å². The SMILES string of the molecule is O=C(NCCCCCBr)C1CCCCCC1. The van der Waals surface area contributed by atoms with Crippen LogP contribution >= 0.6 is 15.9 Å². The molecule has 0 radical (unpaired) electrons. The molecule has 0 unspecified atom stereocenters. The summed E-state index contributed by atoms with van der Waals surface area (Å²) in [7, 11) is 0. The Morgan fingerprint density at radius 2 is 1.75 bits per heavy atom. The maximum atomic E-state index is 11.9. The van der Waals surface area contributed by atoms with Gasteiger partial charge in [0.25, 0.3) is 0 Å². The molecule has 1 aliphatic rings. The molecule has 0 aromatic rings. The molecule has 0 atom stereocenters. The van der Waals surface area contributed by atoms with Crippen LogP contribution in [0.25, 0.3) is 0 Å². The highest BCUT2D eigenvalue weighted by molar-refractivity contribution is 9.09. The molecule has 0 heterocycles. The zero-order valence-electron chi connectivity index (χ0n) is 10.1. The number of hydrogen-bond acceptors (Lipinski definition) is 1. The minimum absolute atomic E-state index is 0.304. The van der Waals surface area contributed by atoms with Gasteiger partial charge in [-0.05, 0) is 25.7 Å². The van der Waals surface area contributed by atoms with Gasteiger partial charge in [-0.1, -0.05) is 48.0 Å². The Hall–Kier alpha value is -0.0500. The van der Waals surface area contributed by atoms with E-state index >= 15 is 0 Å². The molecular formula is C13H24BrNO. The van der Waals surface area contributed by atoms with Gasteiger partial charge in [0.1, 0.15) is 0 Å². The summed E-state index contributed by atoms with van der Waals surface area (Å²) in [6.45, 7) is 0.863. The van der Waals surface area contributed by atoms with Crippen LogP contribution in [0, 0.1) is 5.92 Å². The van der Waals surface area contributed by atoms with Crippen LogP contribution in [0.1, 0.15) is 57.8 Å². The number of unbranched alkanes of at least 4 members (excludes halogenated alkanes) is 2. The van der Waals surface area contributed by atoms with Crippen LogP contribution in [0.4, 0.5) is 0 Å². The molecule has 3 heteroatoms. The van der Waals surface area contributed by atoms with Gasteiger partial charge in [0.2, 0.25) is 5.91 Å². The molecule has 1 fully saturated rings. The van der Waals surface area contributed by atoms with Crippen molar-refractivity contribution in [2.75, 3.05) is 11.9 Å². The predicted octanol–water partition coefficient (Wildman–Crippen LogP) is 3.64. The smallest absolute Gasteiger partial charge is 0.223 e. The number of carbonyl (C=O) groups is 1. The third-order valence-electron chi connectivity index (χ3n) is 3.34. The molecule has 1 rings (SSSR count). The fourth-order valence-electron chi connectivity index (χ4n) is 2.29. The van der Waals surface area contributed by atoms with E-state index in [-0.39, 0.29) is 0 Å². The van der Waals surface area contributed by atoms with E-state index in [9.17, 15) is 4.79 Å². The highest BCUT2D eigenvalue weighted by atomic mass is 79.9. The summed E-state index contributed by atoms with van der Waals surface area (Å²) in [5.41, 5.74) is 0. The van der Waals surface area contributed by atoms with E-state index in [2.05, 4.69) is 21.2 Å². The van der Waals surface area contributed by atoms with Gasteiger partial charge in [-0.15, -0.1) is 0 Å². The van der Waals surface area contributed by atoms with Crippen molar-refractivity contribution in [3.63, 3.8) is 0 Å². The van der Waals surface area contributed by atoms with Crippen molar-refractivity contribution < 1.29 is 4.79 Å². The molecule has 1 amide bonds. The normalized spacial score (nSPS) is 18.1. The first-order valence-electron chi connectivity index (χ1n) is 6.68. The lowest BCUT2D eigenvalue weighted by Crippen LogP contribution is -2.31. The van der Waals surface area contributed by atoms with Crippen LogP contribution in [0.15, 0.2) is 0 Å². The predicted molar refractivity (Wildman–Crippen MR) is 71.8 cm³/mol. The van der Waals surface area contributed by atoms with Gasteiger partial charge in [-0.25, -0.2) is 0 Å². The maximum Gasteiger partial charge on any atom is 0.223 e. The highest BCUT2D eigenvalue weighted by Crippen LogP contribution is 2.22. The third-order valence-corrected chi connectivity index (χ3v) is 3.90. The monoisotopic (exact) mass is 289 g/mol.